The van der Waals surface area contributed by atoms with E-state index in [1.54, 1.807) is 12.4 Å². The second kappa shape index (κ2) is 4.77. The number of rotatable bonds is 2. The zero-order valence-corrected chi connectivity index (χ0v) is 9.82. The molecule has 0 atom stereocenters. The van der Waals surface area contributed by atoms with Gasteiger partial charge in [0.15, 0.2) is 11.5 Å². The third kappa shape index (κ3) is 2.23. The molecule has 6 nitrogen and oxygen atoms in total. The molecule has 0 spiro atoms. The van der Waals surface area contributed by atoms with E-state index in [1.807, 2.05) is 30.3 Å². The minimum atomic E-state index is -0.292. The average molecular weight is 251 g/mol. The number of nitrogens with one attached hydrogen (secondary N) is 1. The Balaban J connectivity index is 2.07. The molecule has 0 aliphatic heterocycles. The summed E-state index contributed by atoms with van der Waals surface area (Å²) >= 11 is 0. The number of H-pyrrole nitrogens is 1. The van der Waals surface area contributed by atoms with Crippen LogP contribution in [0.15, 0.2) is 53.8 Å². The Kier molecular flexibility index (Phi) is 2.82. The molecule has 1 aromatic carbocycles. The number of hydrogen-bond acceptors (Lipinski definition) is 5. The lowest BCUT2D eigenvalue weighted by Gasteiger charge is -2.01. The van der Waals surface area contributed by atoms with Crippen molar-refractivity contribution in [2.24, 2.45) is 0 Å². The molecule has 0 saturated carbocycles. The molecule has 0 aliphatic carbocycles. The van der Waals surface area contributed by atoms with Gasteiger partial charge in [0.25, 0.3) is 5.56 Å². The number of nitrogens with zero attached hydrogens (tertiary/aromatic N) is 4. The maximum absolute atomic E-state index is 12.0. The Hall–Kier alpha value is -2.89. The number of aromatic nitrogens is 5. The maximum Gasteiger partial charge on any atom is 0.278 e. The summed E-state index contributed by atoms with van der Waals surface area (Å²) in [6.07, 6.45) is 4.54. The molecule has 0 unspecified atom stereocenters. The van der Waals surface area contributed by atoms with Gasteiger partial charge in [0.05, 0.1) is 5.56 Å². The van der Waals surface area contributed by atoms with Crippen LogP contribution in [0.1, 0.15) is 0 Å². The Morgan fingerprint density at radius 1 is 0.895 bits per heavy atom. The van der Waals surface area contributed by atoms with Crippen LogP contribution in [0.4, 0.5) is 0 Å². The average Bonchev–Trinajstić information content (AvgIpc) is 2.49. The molecule has 0 aliphatic rings. The van der Waals surface area contributed by atoms with Gasteiger partial charge >= 0.3 is 0 Å². The van der Waals surface area contributed by atoms with Crippen molar-refractivity contribution in [3.05, 3.63) is 59.4 Å². The molecule has 0 bridgehead atoms. The van der Waals surface area contributed by atoms with Gasteiger partial charge in [-0.25, -0.2) is 9.97 Å². The Morgan fingerprint density at radius 3 is 2.32 bits per heavy atom. The van der Waals surface area contributed by atoms with E-state index in [0.29, 0.717) is 17.1 Å². The maximum atomic E-state index is 12.0. The van der Waals surface area contributed by atoms with Crippen LogP contribution in [0, 0.1) is 0 Å². The summed E-state index contributed by atoms with van der Waals surface area (Å²) in [6, 6.07) is 9.18. The minimum absolute atomic E-state index is 0.292. The van der Waals surface area contributed by atoms with Crippen molar-refractivity contribution in [2.75, 3.05) is 0 Å². The molecular formula is C13H9N5O. The van der Waals surface area contributed by atoms with Gasteiger partial charge in [-0.3, -0.25) is 4.79 Å². The van der Waals surface area contributed by atoms with Crippen molar-refractivity contribution in [2.45, 2.75) is 0 Å². The number of hydrogen-bond donors (Lipinski definition) is 1. The van der Waals surface area contributed by atoms with Crippen LogP contribution in [0.3, 0.4) is 0 Å². The molecule has 92 valence electrons. The highest BCUT2D eigenvalue weighted by Crippen LogP contribution is 2.13. The summed E-state index contributed by atoms with van der Waals surface area (Å²) in [5, 5.41) is 7.98. The van der Waals surface area contributed by atoms with Crippen molar-refractivity contribution < 1.29 is 0 Å². The fourth-order valence-corrected chi connectivity index (χ4v) is 1.67. The van der Waals surface area contributed by atoms with E-state index in [9.17, 15) is 4.79 Å². The molecule has 3 rings (SSSR count). The van der Waals surface area contributed by atoms with E-state index in [0.717, 1.165) is 5.56 Å². The summed E-state index contributed by atoms with van der Waals surface area (Å²) in [5.74, 6) is 0.352. The highest BCUT2D eigenvalue weighted by molar-refractivity contribution is 5.58. The molecule has 0 saturated heterocycles. The molecule has 6 heteroatoms. The lowest BCUT2D eigenvalue weighted by Crippen LogP contribution is -2.14. The molecule has 3 aromatic rings. The Morgan fingerprint density at radius 2 is 1.63 bits per heavy atom. The standard InChI is InChI=1S/C13H9N5O/c19-13-11(9-4-2-1-3-5-9)17-18-12(16-13)10-6-14-8-15-7-10/h1-8H,(H,16,18,19). The molecular weight excluding hydrogens is 242 g/mol. The SMILES string of the molecule is O=c1[nH]c(-c2cncnc2)nnc1-c1ccccc1. The summed E-state index contributed by atoms with van der Waals surface area (Å²) in [7, 11) is 0. The highest BCUT2D eigenvalue weighted by Gasteiger charge is 2.08. The van der Waals surface area contributed by atoms with Gasteiger partial charge in [-0.15, -0.1) is 10.2 Å². The summed E-state index contributed by atoms with van der Waals surface area (Å²) in [5.41, 5.74) is 1.35. The van der Waals surface area contributed by atoms with E-state index in [1.165, 1.54) is 6.33 Å². The van der Waals surface area contributed by atoms with Gasteiger partial charge in [-0.05, 0) is 0 Å². The molecule has 0 fully saturated rings. The monoisotopic (exact) mass is 251 g/mol. The first kappa shape index (κ1) is 11.2. The summed E-state index contributed by atoms with van der Waals surface area (Å²) in [6.45, 7) is 0. The second-order valence-electron chi connectivity index (χ2n) is 3.84. The molecule has 1 N–H and O–H groups in total. The van der Waals surface area contributed by atoms with Crippen LogP contribution in [0.25, 0.3) is 22.6 Å². The summed E-state index contributed by atoms with van der Waals surface area (Å²) in [4.78, 5) is 22.4. The van der Waals surface area contributed by atoms with Gasteiger partial charge in [0.2, 0.25) is 0 Å². The van der Waals surface area contributed by atoms with E-state index < -0.39 is 0 Å². The zero-order valence-electron chi connectivity index (χ0n) is 9.82. The number of aromatic amines is 1. The topological polar surface area (TPSA) is 84.4 Å². The lowest BCUT2D eigenvalue weighted by atomic mass is 10.2. The second-order valence-corrected chi connectivity index (χ2v) is 3.84. The van der Waals surface area contributed by atoms with Crippen molar-refractivity contribution in [3.8, 4) is 22.6 Å². The fraction of sp³-hybridized carbons (Fsp3) is 0. The molecule has 0 radical (unpaired) electrons. The fourth-order valence-electron chi connectivity index (χ4n) is 1.67. The van der Waals surface area contributed by atoms with Crippen molar-refractivity contribution in [1.29, 1.82) is 0 Å². The van der Waals surface area contributed by atoms with Gasteiger partial charge in [0, 0.05) is 18.0 Å². The molecule has 0 amide bonds. The first-order valence-corrected chi connectivity index (χ1v) is 5.62. The van der Waals surface area contributed by atoms with Gasteiger partial charge in [-0.1, -0.05) is 30.3 Å². The third-order valence-electron chi connectivity index (χ3n) is 2.58. The largest absolute Gasteiger partial charge is 0.303 e. The minimum Gasteiger partial charge on any atom is -0.303 e. The predicted octanol–water partition coefficient (Wildman–Crippen LogP) is 1.29. The van der Waals surface area contributed by atoms with E-state index in [-0.39, 0.29) is 5.56 Å². The zero-order chi connectivity index (χ0) is 13.1. The smallest absolute Gasteiger partial charge is 0.278 e. The van der Waals surface area contributed by atoms with Crippen LogP contribution in [0.5, 0.6) is 0 Å². The predicted molar refractivity (Wildman–Crippen MR) is 69.1 cm³/mol. The van der Waals surface area contributed by atoms with E-state index in [4.69, 9.17) is 0 Å². The number of benzene rings is 1. The van der Waals surface area contributed by atoms with E-state index in [2.05, 4.69) is 25.1 Å². The van der Waals surface area contributed by atoms with Crippen LogP contribution in [0.2, 0.25) is 0 Å². The van der Waals surface area contributed by atoms with Crippen LogP contribution < -0.4 is 5.56 Å². The van der Waals surface area contributed by atoms with Crippen molar-refractivity contribution in [1.82, 2.24) is 25.1 Å². The van der Waals surface area contributed by atoms with Gasteiger partial charge in [-0.2, -0.15) is 0 Å². The lowest BCUT2D eigenvalue weighted by molar-refractivity contribution is 0.957. The van der Waals surface area contributed by atoms with Crippen LogP contribution in [-0.2, 0) is 0 Å². The molecule has 2 aromatic heterocycles. The Bertz CT molecular complexity index is 740. The first-order chi connectivity index (χ1) is 9.34. The first-order valence-electron chi connectivity index (χ1n) is 5.62. The molecule has 19 heavy (non-hydrogen) atoms. The quantitative estimate of drug-likeness (QED) is 0.741. The molecule has 2 heterocycles. The van der Waals surface area contributed by atoms with Gasteiger partial charge in [0.1, 0.15) is 6.33 Å². The van der Waals surface area contributed by atoms with Crippen LogP contribution in [-0.4, -0.2) is 25.1 Å². The highest BCUT2D eigenvalue weighted by atomic mass is 16.1. The van der Waals surface area contributed by atoms with Gasteiger partial charge < -0.3 is 4.98 Å². The van der Waals surface area contributed by atoms with E-state index >= 15 is 0 Å². The third-order valence-corrected chi connectivity index (χ3v) is 2.58. The summed E-state index contributed by atoms with van der Waals surface area (Å²) < 4.78 is 0. The Labute approximate surface area is 108 Å². The normalized spacial score (nSPS) is 10.3. The van der Waals surface area contributed by atoms with Crippen molar-refractivity contribution >= 4 is 0 Å². The van der Waals surface area contributed by atoms with Crippen LogP contribution >= 0.6 is 0 Å². The van der Waals surface area contributed by atoms with Crippen molar-refractivity contribution in [3.63, 3.8) is 0 Å².